The Hall–Kier alpha value is -1.40. The molecule has 0 saturated carbocycles. The van der Waals surface area contributed by atoms with E-state index in [-0.39, 0.29) is 0 Å². The summed E-state index contributed by atoms with van der Waals surface area (Å²) in [7, 11) is 0. The van der Waals surface area contributed by atoms with Crippen LogP contribution in [0.15, 0.2) is 17.8 Å². The first-order chi connectivity index (χ1) is 8.31. The first-order valence-corrected chi connectivity index (χ1v) is 6.61. The van der Waals surface area contributed by atoms with E-state index in [0.717, 1.165) is 44.1 Å². The lowest BCUT2D eigenvalue weighted by atomic mass is 10.3. The molecular weight excluding hydrogens is 234 g/mol. The molecule has 0 saturated heterocycles. The highest BCUT2D eigenvalue weighted by molar-refractivity contribution is 7.13. The third-order valence-electron chi connectivity index (χ3n) is 3.08. The minimum atomic E-state index is 0.661. The third kappa shape index (κ3) is 2.32. The zero-order chi connectivity index (χ0) is 11.7. The first-order valence-electron chi connectivity index (χ1n) is 5.73. The van der Waals surface area contributed by atoms with Crippen LogP contribution in [0.3, 0.4) is 0 Å². The van der Waals surface area contributed by atoms with Gasteiger partial charge in [-0.2, -0.15) is 0 Å². The Morgan fingerprint density at radius 2 is 2.35 bits per heavy atom. The van der Waals surface area contributed by atoms with Crippen LogP contribution in [-0.2, 0) is 19.5 Å². The number of nitrogens with zero attached hydrogens (tertiary/aromatic N) is 4. The predicted molar refractivity (Wildman–Crippen MR) is 67.7 cm³/mol. The Morgan fingerprint density at radius 1 is 1.41 bits per heavy atom. The maximum absolute atomic E-state index is 5.62. The van der Waals surface area contributed by atoms with Crippen LogP contribution < -0.4 is 5.73 Å². The summed E-state index contributed by atoms with van der Waals surface area (Å²) in [5.41, 5.74) is 6.72. The summed E-state index contributed by atoms with van der Waals surface area (Å²) >= 11 is 1.51. The number of rotatable bonds is 3. The lowest BCUT2D eigenvalue weighted by Gasteiger charge is -2.27. The lowest BCUT2D eigenvalue weighted by molar-refractivity contribution is 0.219. The summed E-state index contributed by atoms with van der Waals surface area (Å²) in [5, 5.41) is 2.70. The molecule has 6 heteroatoms. The normalized spacial score (nSPS) is 16.0. The van der Waals surface area contributed by atoms with E-state index < -0.39 is 0 Å². The number of nitrogen functional groups attached to an aromatic ring is 1. The Bertz CT molecular complexity index is 503. The van der Waals surface area contributed by atoms with Gasteiger partial charge in [0.2, 0.25) is 0 Å². The van der Waals surface area contributed by atoms with Gasteiger partial charge in [0.1, 0.15) is 5.82 Å². The van der Waals surface area contributed by atoms with Gasteiger partial charge in [-0.05, 0) is 0 Å². The van der Waals surface area contributed by atoms with Crippen LogP contribution in [0.5, 0.6) is 0 Å². The van der Waals surface area contributed by atoms with Crippen molar-refractivity contribution in [1.82, 2.24) is 19.4 Å². The molecule has 0 bridgehead atoms. The van der Waals surface area contributed by atoms with Gasteiger partial charge in [0.05, 0.1) is 12.2 Å². The predicted octanol–water partition coefficient (Wildman–Crippen LogP) is 0.980. The Labute approximate surface area is 104 Å². The van der Waals surface area contributed by atoms with Crippen LogP contribution in [-0.4, -0.2) is 32.5 Å². The molecule has 1 aliphatic rings. The highest BCUT2D eigenvalue weighted by Gasteiger charge is 2.16. The van der Waals surface area contributed by atoms with Gasteiger partial charge in [-0.15, -0.1) is 11.3 Å². The van der Waals surface area contributed by atoms with Crippen molar-refractivity contribution in [2.45, 2.75) is 19.5 Å². The molecule has 0 aromatic carbocycles. The molecule has 17 heavy (non-hydrogen) atoms. The molecule has 90 valence electrons. The molecule has 2 N–H and O–H groups in total. The molecule has 0 fully saturated rings. The fourth-order valence-electron chi connectivity index (χ4n) is 2.12. The number of hydrogen-bond donors (Lipinski definition) is 1. The highest BCUT2D eigenvalue weighted by Crippen LogP contribution is 2.14. The summed E-state index contributed by atoms with van der Waals surface area (Å²) in [5.74, 6) is 1.16. The number of imidazole rings is 1. The second-order valence-corrected chi connectivity index (χ2v) is 5.13. The number of nitrogens with two attached hydrogens (primary N) is 1. The lowest BCUT2D eigenvalue weighted by Crippen LogP contribution is -2.35. The molecule has 3 heterocycles. The van der Waals surface area contributed by atoms with Gasteiger partial charge in [-0.1, -0.05) is 0 Å². The highest BCUT2D eigenvalue weighted by atomic mass is 32.1. The van der Waals surface area contributed by atoms with E-state index in [1.54, 1.807) is 0 Å². The standard InChI is InChI=1S/C11H15N5S/c12-11-14-9(8-17-11)1-3-15-5-6-16-4-2-13-10(16)7-15/h2,4,8H,1,3,5-7H2,(H2,12,14). The third-order valence-corrected chi connectivity index (χ3v) is 3.80. The molecule has 0 aliphatic carbocycles. The minimum absolute atomic E-state index is 0.661. The van der Waals surface area contributed by atoms with Crippen molar-refractivity contribution in [3.8, 4) is 0 Å². The van der Waals surface area contributed by atoms with Crippen molar-refractivity contribution < 1.29 is 0 Å². The molecule has 5 nitrogen and oxygen atoms in total. The van der Waals surface area contributed by atoms with Crippen LogP contribution in [0.1, 0.15) is 11.5 Å². The average Bonchev–Trinajstić information content (AvgIpc) is 2.94. The summed E-state index contributed by atoms with van der Waals surface area (Å²) < 4.78 is 2.22. The van der Waals surface area contributed by atoms with Crippen LogP contribution in [0, 0.1) is 0 Å². The van der Waals surface area contributed by atoms with E-state index in [0.29, 0.717) is 5.13 Å². The largest absolute Gasteiger partial charge is 0.375 e. The van der Waals surface area contributed by atoms with E-state index in [2.05, 4.69) is 19.4 Å². The minimum Gasteiger partial charge on any atom is -0.375 e. The molecule has 2 aromatic rings. The van der Waals surface area contributed by atoms with Crippen molar-refractivity contribution in [2.24, 2.45) is 0 Å². The summed E-state index contributed by atoms with van der Waals surface area (Å²) in [4.78, 5) is 11.0. The number of aromatic nitrogens is 3. The average molecular weight is 249 g/mol. The number of hydrogen-bond acceptors (Lipinski definition) is 5. The fraction of sp³-hybridized carbons (Fsp3) is 0.455. The zero-order valence-electron chi connectivity index (χ0n) is 9.54. The Morgan fingerprint density at radius 3 is 3.18 bits per heavy atom. The van der Waals surface area contributed by atoms with Gasteiger partial charge in [-0.3, -0.25) is 4.90 Å². The van der Waals surface area contributed by atoms with Crippen LogP contribution in [0.4, 0.5) is 5.13 Å². The van der Waals surface area contributed by atoms with E-state index in [1.807, 2.05) is 17.8 Å². The summed E-state index contributed by atoms with van der Waals surface area (Å²) in [6.45, 7) is 4.08. The Kier molecular flexibility index (Phi) is 2.82. The molecule has 1 aliphatic heterocycles. The number of fused-ring (bicyclic) bond motifs is 1. The smallest absolute Gasteiger partial charge is 0.180 e. The molecule has 0 radical (unpaired) electrons. The monoisotopic (exact) mass is 249 g/mol. The summed E-state index contributed by atoms with van der Waals surface area (Å²) in [6, 6.07) is 0. The van der Waals surface area contributed by atoms with Crippen LogP contribution in [0.25, 0.3) is 0 Å². The maximum Gasteiger partial charge on any atom is 0.180 e. The molecule has 3 rings (SSSR count). The number of thiazole rings is 1. The quantitative estimate of drug-likeness (QED) is 0.881. The molecule has 0 spiro atoms. The maximum atomic E-state index is 5.62. The van der Waals surface area contributed by atoms with Crippen molar-refractivity contribution in [1.29, 1.82) is 0 Å². The van der Waals surface area contributed by atoms with Gasteiger partial charge in [0, 0.05) is 43.8 Å². The zero-order valence-corrected chi connectivity index (χ0v) is 10.4. The Balaban J connectivity index is 1.57. The van der Waals surface area contributed by atoms with Crippen molar-refractivity contribution in [3.63, 3.8) is 0 Å². The number of anilines is 1. The van der Waals surface area contributed by atoms with Crippen molar-refractivity contribution in [3.05, 3.63) is 29.3 Å². The van der Waals surface area contributed by atoms with Gasteiger partial charge in [0.15, 0.2) is 5.13 Å². The van der Waals surface area contributed by atoms with Crippen molar-refractivity contribution in [2.75, 3.05) is 18.8 Å². The summed E-state index contributed by atoms with van der Waals surface area (Å²) in [6.07, 6.45) is 4.89. The molecular formula is C11H15N5S. The van der Waals surface area contributed by atoms with Gasteiger partial charge < -0.3 is 10.3 Å². The molecule has 2 aromatic heterocycles. The van der Waals surface area contributed by atoms with Gasteiger partial charge in [-0.25, -0.2) is 9.97 Å². The van der Waals surface area contributed by atoms with E-state index in [1.165, 1.54) is 11.3 Å². The first kappa shape index (κ1) is 10.7. The van der Waals surface area contributed by atoms with E-state index >= 15 is 0 Å². The van der Waals surface area contributed by atoms with Crippen molar-refractivity contribution >= 4 is 16.5 Å². The van der Waals surface area contributed by atoms with Gasteiger partial charge >= 0.3 is 0 Å². The second kappa shape index (κ2) is 4.46. The SMILES string of the molecule is Nc1nc(CCN2CCn3ccnc3C2)cs1. The topological polar surface area (TPSA) is 60.0 Å². The second-order valence-electron chi connectivity index (χ2n) is 4.24. The van der Waals surface area contributed by atoms with E-state index in [4.69, 9.17) is 5.73 Å². The van der Waals surface area contributed by atoms with Crippen LogP contribution >= 0.6 is 11.3 Å². The molecule has 0 unspecified atom stereocenters. The van der Waals surface area contributed by atoms with Crippen LogP contribution in [0.2, 0.25) is 0 Å². The molecule has 0 atom stereocenters. The fourth-order valence-corrected chi connectivity index (χ4v) is 2.72. The molecule has 0 amide bonds. The van der Waals surface area contributed by atoms with E-state index in [9.17, 15) is 0 Å². The van der Waals surface area contributed by atoms with Gasteiger partial charge in [0.25, 0.3) is 0 Å².